The third-order valence-corrected chi connectivity index (χ3v) is 5.07. The van der Waals surface area contributed by atoms with Crippen LogP contribution in [0.3, 0.4) is 0 Å². The number of hydrogen-bond donors (Lipinski definition) is 1. The fourth-order valence-electron chi connectivity index (χ4n) is 2.99. The Balaban J connectivity index is 1.48. The first-order chi connectivity index (χ1) is 9.84. The van der Waals surface area contributed by atoms with Crippen molar-refractivity contribution in [2.45, 2.75) is 38.6 Å². The summed E-state index contributed by atoms with van der Waals surface area (Å²) >= 11 is 1.57. The van der Waals surface area contributed by atoms with Crippen molar-refractivity contribution in [2.24, 2.45) is 0 Å². The van der Waals surface area contributed by atoms with E-state index in [2.05, 4.69) is 39.7 Å². The van der Waals surface area contributed by atoms with Gasteiger partial charge in [-0.3, -0.25) is 0 Å². The molecular weight excluding hydrogens is 266 g/mol. The van der Waals surface area contributed by atoms with Gasteiger partial charge in [0.1, 0.15) is 5.00 Å². The Morgan fingerprint density at radius 1 is 1.35 bits per heavy atom. The monoisotopic (exact) mass is 289 g/mol. The van der Waals surface area contributed by atoms with Crippen LogP contribution in [0.25, 0.3) is 10.9 Å². The van der Waals surface area contributed by atoms with Crippen molar-refractivity contribution in [3.63, 3.8) is 0 Å². The van der Waals surface area contributed by atoms with Gasteiger partial charge in [0.25, 0.3) is 0 Å². The zero-order valence-corrected chi connectivity index (χ0v) is 13.0. The van der Waals surface area contributed by atoms with Gasteiger partial charge in [0.2, 0.25) is 0 Å². The van der Waals surface area contributed by atoms with E-state index < -0.39 is 0 Å². The number of fused-ring (bicyclic) bond motifs is 1. The lowest BCUT2D eigenvalue weighted by Crippen LogP contribution is -2.38. The molecule has 1 unspecified atom stereocenters. The molecule has 1 atom stereocenters. The molecule has 0 bridgehead atoms. The van der Waals surface area contributed by atoms with Gasteiger partial charge in [-0.05, 0) is 56.4 Å². The molecule has 4 heteroatoms. The van der Waals surface area contributed by atoms with E-state index in [9.17, 15) is 0 Å². The summed E-state index contributed by atoms with van der Waals surface area (Å²) in [5, 5.41) is 6.02. The molecule has 3 nitrogen and oxygen atoms in total. The summed E-state index contributed by atoms with van der Waals surface area (Å²) in [5.74, 6) is 0. The Bertz CT molecular complexity index is 551. The van der Waals surface area contributed by atoms with Crippen LogP contribution in [0.4, 0.5) is 5.00 Å². The lowest BCUT2D eigenvalue weighted by Gasteiger charge is -2.33. The summed E-state index contributed by atoms with van der Waals surface area (Å²) in [7, 11) is 0. The van der Waals surface area contributed by atoms with Crippen LogP contribution in [0.15, 0.2) is 24.3 Å². The molecule has 3 rings (SSSR count). The molecule has 0 aliphatic carbocycles. The number of nitrogens with one attached hydrogen (secondary N) is 1. The van der Waals surface area contributed by atoms with Crippen LogP contribution >= 0.6 is 11.5 Å². The number of benzene rings is 1. The summed E-state index contributed by atoms with van der Waals surface area (Å²) in [4.78, 5) is 2.63. The number of nitrogens with zero attached hydrogens (tertiary/aromatic N) is 2. The number of rotatable bonds is 5. The lowest BCUT2D eigenvalue weighted by molar-refractivity contribution is 0.160. The van der Waals surface area contributed by atoms with Gasteiger partial charge >= 0.3 is 0 Å². The van der Waals surface area contributed by atoms with Crippen LogP contribution in [0, 0.1) is 0 Å². The van der Waals surface area contributed by atoms with Crippen molar-refractivity contribution in [2.75, 3.05) is 25.0 Å². The summed E-state index contributed by atoms with van der Waals surface area (Å²) in [5.41, 5.74) is 1.10. The standard InChI is InChI=1S/C16H23N3S/c1-13-7-4-5-11-19(13)12-6-10-17-16-14-8-2-3-9-15(14)18-20-16/h2-3,8-9,13,17H,4-7,10-12H2,1H3. The SMILES string of the molecule is CC1CCCCN1CCCNc1snc2ccccc12. The van der Waals surface area contributed by atoms with Crippen LogP contribution in [-0.2, 0) is 0 Å². The zero-order valence-electron chi connectivity index (χ0n) is 12.1. The maximum absolute atomic E-state index is 4.47. The Morgan fingerprint density at radius 3 is 3.15 bits per heavy atom. The molecule has 20 heavy (non-hydrogen) atoms. The van der Waals surface area contributed by atoms with Crippen LogP contribution in [0.5, 0.6) is 0 Å². The summed E-state index contributed by atoms with van der Waals surface area (Å²) in [6.07, 6.45) is 5.35. The second-order valence-electron chi connectivity index (χ2n) is 5.69. The molecule has 0 amide bonds. The molecule has 2 aromatic rings. The minimum Gasteiger partial charge on any atom is -0.375 e. The first-order valence-electron chi connectivity index (χ1n) is 7.67. The van der Waals surface area contributed by atoms with Crippen molar-refractivity contribution in [3.8, 4) is 0 Å². The summed E-state index contributed by atoms with van der Waals surface area (Å²) in [6, 6.07) is 9.12. The molecule has 0 radical (unpaired) electrons. The number of anilines is 1. The molecule has 2 heterocycles. The fraction of sp³-hybridized carbons (Fsp3) is 0.562. The predicted molar refractivity (Wildman–Crippen MR) is 87.6 cm³/mol. The largest absolute Gasteiger partial charge is 0.375 e. The van der Waals surface area contributed by atoms with Gasteiger partial charge in [-0.1, -0.05) is 18.6 Å². The molecule has 1 aromatic heterocycles. The predicted octanol–water partition coefficient (Wildman–Crippen LogP) is 3.97. The van der Waals surface area contributed by atoms with E-state index >= 15 is 0 Å². The quantitative estimate of drug-likeness (QED) is 0.844. The molecule has 1 aliphatic rings. The molecular formula is C16H23N3S. The Morgan fingerprint density at radius 2 is 2.25 bits per heavy atom. The van der Waals surface area contributed by atoms with Crippen LogP contribution in [-0.4, -0.2) is 34.9 Å². The fourth-order valence-corrected chi connectivity index (χ4v) is 3.78. The minimum absolute atomic E-state index is 0.771. The van der Waals surface area contributed by atoms with Gasteiger partial charge in [-0.25, -0.2) is 0 Å². The first kappa shape index (κ1) is 13.8. The van der Waals surface area contributed by atoms with Crippen molar-refractivity contribution in [3.05, 3.63) is 24.3 Å². The normalized spacial score (nSPS) is 20.4. The highest BCUT2D eigenvalue weighted by Gasteiger charge is 2.17. The molecule has 1 N–H and O–H groups in total. The molecule has 108 valence electrons. The van der Waals surface area contributed by atoms with Crippen molar-refractivity contribution in [1.29, 1.82) is 0 Å². The van der Waals surface area contributed by atoms with E-state index in [0.29, 0.717) is 0 Å². The minimum atomic E-state index is 0.771. The van der Waals surface area contributed by atoms with Crippen LogP contribution in [0.2, 0.25) is 0 Å². The molecule has 1 aromatic carbocycles. The second-order valence-corrected chi connectivity index (χ2v) is 6.46. The Kier molecular flexibility index (Phi) is 4.53. The van der Waals surface area contributed by atoms with E-state index in [4.69, 9.17) is 0 Å². The van der Waals surface area contributed by atoms with E-state index in [0.717, 1.165) is 18.1 Å². The van der Waals surface area contributed by atoms with Crippen LogP contribution < -0.4 is 5.32 Å². The maximum Gasteiger partial charge on any atom is 0.117 e. The van der Waals surface area contributed by atoms with Gasteiger partial charge < -0.3 is 10.2 Å². The highest BCUT2D eigenvalue weighted by Crippen LogP contribution is 2.27. The molecule has 1 fully saturated rings. The molecule has 1 saturated heterocycles. The van der Waals surface area contributed by atoms with E-state index in [1.807, 2.05) is 6.07 Å². The van der Waals surface area contributed by atoms with Gasteiger partial charge in [0, 0.05) is 24.5 Å². The Labute approximate surface area is 125 Å². The van der Waals surface area contributed by atoms with Crippen LogP contribution in [0.1, 0.15) is 32.6 Å². The highest BCUT2D eigenvalue weighted by molar-refractivity contribution is 7.11. The zero-order chi connectivity index (χ0) is 13.8. The van der Waals surface area contributed by atoms with Gasteiger partial charge in [-0.2, -0.15) is 4.37 Å². The Hall–Kier alpha value is -1.13. The number of likely N-dealkylation sites (tertiary alicyclic amines) is 1. The average Bonchev–Trinajstić information content (AvgIpc) is 2.89. The van der Waals surface area contributed by atoms with E-state index in [1.54, 1.807) is 11.5 Å². The smallest absolute Gasteiger partial charge is 0.117 e. The second kappa shape index (κ2) is 6.55. The molecule has 0 saturated carbocycles. The van der Waals surface area contributed by atoms with Gasteiger partial charge in [-0.15, -0.1) is 0 Å². The van der Waals surface area contributed by atoms with Gasteiger partial charge in [0.05, 0.1) is 5.52 Å². The third kappa shape index (κ3) is 3.13. The third-order valence-electron chi connectivity index (χ3n) is 4.23. The maximum atomic E-state index is 4.47. The average molecular weight is 289 g/mol. The number of piperidine rings is 1. The van der Waals surface area contributed by atoms with Crippen molar-refractivity contribution >= 4 is 27.4 Å². The van der Waals surface area contributed by atoms with E-state index in [-0.39, 0.29) is 0 Å². The number of hydrogen-bond acceptors (Lipinski definition) is 4. The molecule has 0 spiro atoms. The van der Waals surface area contributed by atoms with Gasteiger partial charge in [0.15, 0.2) is 0 Å². The topological polar surface area (TPSA) is 28.2 Å². The lowest BCUT2D eigenvalue weighted by atomic mass is 10.0. The molecule has 1 aliphatic heterocycles. The van der Waals surface area contributed by atoms with Crippen molar-refractivity contribution in [1.82, 2.24) is 9.27 Å². The summed E-state index contributed by atoms with van der Waals surface area (Å²) < 4.78 is 4.47. The van der Waals surface area contributed by atoms with Crippen molar-refractivity contribution < 1.29 is 0 Å². The summed E-state index contributed by atoms with van der Waals surface area (Å²) in [6.45, 7) is 5.90. The first-order valence-corrected chi connectivity index (χ1v) is 8.44. The number of aromatic nitrogens is 1. The van der Waals surface area contributed by atoms with E-state index in [1.165, 1.54) is 49.2 Å². The highest BCUT2D eigenvalue weighted by atomic mass is 32.1.